The molecule has 7 nitrogen and oxygen atoms in total. The molecule has 140 valence electrons. The Morgan fingerprint density at radius 3 is 2.42 bits per heavy atom. The largest absolute Gasteiger partial charge is 0.486 e. The highest BCUT2D eigenvalue weighted by atomic mass is 16.6. The number of nitrogens with zero attached hydrogens (tertiary/aromatic N) is 3. The van der Waals surface area contributed by atoms with Crippen molar-refractivity contribution in [3.63, 3.8) is 0 Å². The van der Waals surface area contributed by atoms with E-state index in [9.17, 15) is 9.59 Å². The fourth-order valence-corrected chi connectivity index (χ4v) is 3.75. The van der Waals surface area contributed by atoms with E-state index in [-0.39, 0.29) is 18.5 Å². The molecule has 7 heteroatoms. The van der Waals surface area contributed by atoms with Gasteiger partial charge in [-0.05, 0) is 25.0 Å². The van der Waals surface area contributed by atoms with Crippen molar-refractivity contribution >= 4 is 17.6 Å². The molecule has 4 rings (SSSR count). The van der Waals surface area contributed by atoms with E-state index in [0.717, 1.165) is 31.6 Å². The van der Waals surface area contributed by atoms with Gasteiger partial charge in [0, 0.05) is 37.9 Å². The van der Waals surface area contributed by atoms with Gasteiger partial charge in [-0.15, -0.1) is 0 Å². The molecular weight excluding hydrogens is 334 g/mol. The van der Waals surface area contributed by atoms with Crippen LogP contribution in [0.15, 0.2) is 18.2 Å². The molecule has 0 saturated carbocycles. The number of hydrogen-bond acceptors (Lipinski definition) is 4. The monoisotopic (exact) mass is 359 g/mol. The summed E-state index contributed by atoms with van der Waals surface area (Å²) in [7, 11) is 0. The maximum Gasteiger partial charge on any atom is 0.325 e. The highest BCUT2D eigenvalue weighted by molar-refractivity contribution is 5.96. The Bertz CT molecular complexity index is 685. The van der Waals surface area contributed by atoms with Gasteiger partial charge in [-0.25, -0.2) is 4.79 Å². The molecule has 0 aromatic heterocycles. The number of carbonyl (C=O) groups excluding carboxylic acids is 2. The minimum absolute atomic E-state index is 0.0595. The van der Waals surface area contributed by atoms with Crippen molar-refractivity contribution in [1.29, 1.82) is 0 Å². The molecule has 1 aromatic rings. The number of fused-ring (bicyclic) bond motifs is 1. The normalized spacial score (nSPS) is 20.3. The van der Waals surface area contributed by atoms with Crippen molar-refractivity contribution < 1.29 is 19.1 Å². The lowest BCUT2D eigenvalue weighted by molar-refractivity contribution is -0.131. The molecule has 0 spiro atoms. The molecule has 2 saturated heterocycles. The zero-order valence-electron chi connectivity index (χ0n) is 15.0. The van der Waals surface area contributed by atoms with Gasteiger partial charge < -0.3 is 19.3 Å². The van der Waals surface area contributed by atoms with Crippen LogP contribution in [0.25, 0.3) is 0 Å². The van der Waals surface area contributed by atoms with Crippen LogP contribution in [-0.4, -0.2) is 67.7 Å². The van der Waals surface area contributed by atoms with E-state index in [0.29, 0.717) is 37.8 Å². The van der Waals surface area contributed by atoms with E-state index < -0.39 is 0 Å². The second-order valence-electron chi connectivity index (χ2n) is 6.98. The molecule has 3 aliphatic rings. The molecule has 3 heterocycles. The third-order valence-electron chi connectivity index (χ3n) is 5.22. The number of carbonyl (C=O) groups is 2. The third-order valence-corrected chi connectivity index (χ3v) is 5.22. The fraction of sp³-hybridized carbons (Fsp3) is 0.579. The number of amides is 3. The summed E-state index contributed by atoms with van der Waals surface area (Å²) in [6.45, 7) is 3.99. The zero-order valence-corrected chi connectivity index (χ0v) is 15.0. The second kappa shape index (κ2) is 7.43. The Hall–Kier alpha value is -2.44. The van der Waals surface area contributed by atoms with Crippen molar-refractivity contribution in [2.24, 2.45) is 0 Å². The number of hydrogen-bond donors (Lipinski definition) is 0. The standard InChI is InChI=1S/C19H25N3O4/c23-18(20-7-3-1-2-4-8-20)14-21-9-10-22(19(21)24)15-5-6-16-17(13-15)26-12-11-25-16/h5-6,13H,1-4,7-12,14H2. The summed E-state index contributed by atoms with van der Waals surface area (Å²) in [5.74, 6) is 1.43. The Morgan fingerprint density at radius 1 is 0.923 bits per heavy atom. The molecular formula is C19H25N3O4. The molecule has 0 bridgehead atoms. The molecule has 0 unspecified atom stereocenters. The van der Waals surface area contributed by atoms with Crippen LogP contribution >= 0.6 is 0 Å². The third kappa shape index (κ3) is 3.43. The first-order valence-electron chi connectivity index (χ1n) is 9.46. The van der Waals surface area contributed by atoms with Crippen LogP contribution in [-0.2, 0) is 4.79 Å². The Morgan fingerprint density at radius 2 is 1.65 bits per heavy atom. The molecule has 1 aromatic carbocycles. The van der Waals surface area contributed by atoms with Crippen molar-refractivity contribution in [3.8, 4) is 11.5 Å². The highest BCUT2D eigenvalue weighted by Gasteiger charge is 2.32. The number of anilines is 1. The molecule has 3 amide bonds. The topological polar surface area (TPSA) is 62.3 Å². The van der Waals surface area contributed by atoms with Crippen molar-refractivity contribution in [1.82, 2.24) is 9.80 Å². The van der Waals surface area contributed by atoms with E-state index in [2.05, 4.69) is 0 Å². The van der Waals surface area contributed by atoms with Crippen LogP contribution in [0.5, 0.6) is 11.5 Å². The van der Waals surface area contributed by atoms with Gasteiger partial charge in [0.25, 0.3) is 0 Å². The summed E-state index contributed by atoms with van der Waals surface area (Å²) in [5.41, 5.74) is 0.781. The van der Waals surface area contributed by atoms with Gasteiger partial charge in [0.05, 0.1) is 0 Å². The lowest BCUT2D eigenvalue weighted by atomic mass is 10.2. The number of benzene rings is 1. The highest BCUT2D eigenvalue weighted by Crippen LogP contribution is 2.35. The average molecular weight is 359 g/mol. The summed E-state index contributed by atoms with van der Waals surface area (Å²) >= 11 is 0. The van der Waals surface area contributed by atoms with Gasteiger partial charge in [-0.3, -0.25) is 9.69 Å². The molecule has 0 atom stereocenters. The lowest BCUT2D eigenvalue weighted by Crippen LogP contribution is -2.42. The van der Waals surface area contributed by atoms with Crippen LogP contribution in [0.3, 0.4) is 0 Å². The first-order chi connectivity index (χ1) is 12.7. The van der Waals surface area contributed by atoms with E-state index in [1.807, 2.05) is 23.1 Å². The maximum absolute atomic E-state index is 12.8. The molecule has 26 heavy (non-hydrogen) atoms. The number of ether oxygens (including phenoxy) is 2. The SMILES string of the molecule is O=C(CN1CCN(c2ccc3c(c2)OCCO3)C1=O)N1CCCCCC1. The van der Waals surface area contributed by atoms with Gasteiger partial charge in [-0.2, -0.15) is 0 Å². The van der Waals surface area contributed by atoms with E-state index >= 15 is 0 Å². The van der Waals surface area contributed by atoms with E-state index in [1.54, 1.807) is 9.80 Å². The van der Waals surface area contributed by atoms with Crippen LogP contribution in [0.1, 0.15) is 25.7 Å². The van der Waals surface area contributed by atoms with E-state index in [4.69, 9.17) is 9.47 Å². The molecule has 0 radical (unpaired) electrons. The summed E-state index contributed by atoms with van der Waals surface area (Å²) < 4.78 is 11.1. The molecule has 0 aliphatic carbocycles. The quantitative estimate of drug-likeness (QED) is 0.829. The maximum atomic E-state index is 12.8. The molecule has 0 N–H and O–H groups in total. The first-order valence-corrected chi connectivity index (χ1v) is 9.46. The Balaban J connectivity index is 1.40. The molecule has 3 aliphatic heterocycles. The first kappa shape index (κ1) is 17.0. The average Bonchev–Trinajstić information content (AvgIpc) is 2.88. The minimum Gasteiger partial charge on any atom is -0.486 e. The predicted octanol–water partition coefficient (Wildman–Crippen LogP) is 2.10. The van der Waals surface area contributed by atoms with Crippen LogP contribution in [0, 0.1) is 0 Å². The summed E-state index contributed by atoms with van der Waals surface area (Å²) in [5, 5.41) is 0. The van der Waals surface area contributed by atoms with Gasteiger partial charge in [0.15, 0.2) is 11.5 Å². The Labute approximate surface area is 153 Å². The van der Waals surface area contributed by atoms with Crippen molar-refractivity contribution in [2.45, 2.75) is 25.7 Å². The smallest absolute Gasteiger partial charge is 0.325 e. The second-order valence-corrected chi connectivity index (χ2v) is 6.98. The lowest BCUT2D eigenvalue weighted by Gasteiger charge is -2.24. The molecule has 2 fully saturated rings. The van der Waals surface area contributed by atoms with Gasteiger partial charge in [0.2, 0.25) is 5.91 Å². The van der Waals surface area contributed by atoms with Gasteiger partial charge >= 0.3 is 6.03 Å². The van der Waals surface area contributed by atoms with Gasteiger partial charge in [-0.1, -0.05) is 12.8 Å². The fourth-order valence-electron chi connectivity index (χ4n) is 3.75. The summed E-state index contributed by atoms with van der Waals surface area (Å²) in [6.07, 6.45) is 4.49. The van der Waals surface area contributed by atoms with Crippen molar-refractivity contribution in [2.75, 3.05) is 50.8 Å². The van der Waals surface area contributed by atoms with Gasteiger partial charge in [0.1, 0.15) is 19.8 Å². The number of rotatable bonds is 3. The van der Waals surface area contributed by atoms with Crippen LogP contribution in [0.4, 0.5) is 10.5 Å². The number of urea groups is 1. The zero-order chi connectivity index (χ0) is 17.9. The van der Waals surface area contributed by atoms with E-state index in [1.165, 1.54) is 12.8 Å². The summed E-state index contributed by atoms with van der Waals surface area (Å²) in [6, 6.07) is 5.42. The Kier molecular flexibility index (Phi) is 4.86. The summed E-state index contributed by atoms with van der Waals surface area (Å²) in [4.78, 5) is 30.6. The predicted molar refractivity (Wildman–Crippen MR) is 96.8 cm³/mol. The van der Waals surface area contributed by atoms with Crippen molar-refractivity contribution in [3.05, 3.63) is 18.2 Å². The van der Waals surface area contributed by atoms with Crippen LogP contribution in [0.2, 0.25) is 0 Å². The minimum atomic E-state index is -0.121. The van der Waals surface area contributed by atoms with Crippen LogP contribution < -0.4 is 14.4 Å². The number of likely N-dealkylation sites (tertiary alicyclic amines) is 1.